The van der Waals surface area contributed by atoms with E-state index in [0.29, 0.717) is 12.2 Å². The minimum absolute atomic E-state index is 0.0685. The zero-order chi connectivity index (χ0) is 13.7. The minimum Gasteiger partial charge on any atom is -0.381 e. The third-order valence-corrected chi connectivity index (χ3v) is 3.71. The van der Waals surface area contributed by atoms with Gasteiger partial charge in [-0.15, -0.1) is 0 Å². The number of ketones is 1. The molecule has 0 bridgehead atoms. The summed E-state index contributed by atoms with van der Waals surface area (Å²) in [5.74, 6) is 0.402. The number of aryl methyl sites for hydroxylation is 2. The van der Waals surface area contributed by atoms with Gasteiger partial charge in [0.05, 0.1) is 0 Å². The summed E-state index contributed by atoms with van der Waals surface area (Å²) in [6.45, 7) is 10.3. The predicted molar refractivity (Wildman–Crippen MR) is 78.1 cm³/mol. The van der Waals surface area contributed by atoms with Crippen LogP contribution in [0.15, 0.2) is 18.2 Å². The molecule has 1 aromatic carbocycles. The predicted octanol–water partition coefficient (Wildman–Crippen LogP) is 4.11. The molecule has 0 aliphatic heterocycles. The first kappa shape index (κ1) is 14.7. The van der Waals surface area contributed by atoms with Gasteiger partial charge in [-0.25, -0.2) is 0 Å². The van der Waals surface area contributed by atoms with Crippen LogP contribution >= 0.6 is 0 Å². The molecule has 0 amide bonds. The van der Waals surface area contributed by atoms with Crippen LogP contribution in [0.25, 0.3) is 0 Å². The van der Waals surface area contributed by atoms with Crippen molar-refractivity contribution in [3.63, 3.8) is 0 Å². The van der Waals surface area contributed by atoms with E-state index < -0.39 is 0 Å². The molecule has 18 heavy (non-hydrogen) atoms. The van der Waals surface area contributed by atoms with Gasteiger partial charge in [-0.05, 0) is 31.4 Å². The van der Waals surface area contributed by atoms with Crippen LogP contribution in [0.3, 0.4) is 0 Å². The molecule has 2 nitrogen and oxygen atoms in total. The van der Waals surface area contributed by atoms with E-state index in [1.807, 2.05) is 13.8 Å². The van der Waals surface area contributed by atoms with Crippen molar-refractivity contribution in [1.82, 2.24) is 0 Å². The summed E-state index contributed by atoms with van der Waals surface area (Å²) < 4.78 is 0. The van der Waals surface area contributed by atoms with Gasteiger partial charge in [0.15, 0.2) is 0 Å². The summed E-state index contributed by atoms with van der Waals surface area (Å²) in [5.41, 5.74) is 3.66. The Morgan fingerprint density at radius 3 is 2.22 bits per heavy atom. The summed E-state index contributed by atoms with van der Waals surface area (Å²) in [4.78, 5) is 11.8. The molecule has 2 heteroatoms. The lowest BCUT2D eigenvalue weighted by Crippen LogP contribution is -2.32. The maximum Gasteiger partial charge on any atom is 0.137 e. The van der Waals surface area contributed by atoms with Crippen molar-refractivity contribution in [2.24, 2.45) is 5.92 Å². The molecule has 2 atom stereocenters. The van der Waals surface area contributed by atoms with Gasteiger partial charge in [0, 0.05) is 24.1 Å². The van der Waals surface area contributed by atoms with E-state index in [0.717, 1.165) is 6.42 Å². The van der Waals surface area contributed by atoms with Crippen LogP contribution in [-0.2, 0) is 4.79 Å². The molecule has 0 aromatic heterocycles. The molecule has 0 saturated carbocycles. The number of carbonyl (C=O) groups is 1. The third kappa shape index (κ3) is 3.34. The Labute approximate surface area is 111 Å². The van der Waals surface area contributed by atoms with Crippen LogP contribution in [0.5, 0.6) is 0 Å². The van der Waals surface area contributed by atoms with Crippen molar-refractivity contribution >= 4 is 11.5 Å². The maximum atomic E-state index is 11.8. The maximum absolute atomic E-state index is 11.8. The first-order valence-electron chi connectivity index (χ1n) is 6.86. The van der Waals surface area contributed by atoms with Crippen molar-refractivity contribution in [2.45, 2.75) is 53.5 Å². The van der Waals surface area contributed by atoms with Crippen LogP contribution in [0.4, 0.5) is 5.69 Å². The quantitative estimate of drug-likeness (QED) is 0.819. The Balaban J connectivity index is 2.89. The van der Waals surface area contributed by atoms with Gasteiger partial charge in [0.2, 0.25) is 0 Å². The van der Waals surface area contributed by atoms with E-state index in [4.69, 9.17) is 0 Å². The monoisotopic (exact) mass is 247 g/mol. The molecule has 1 aromatic rings. The molecule has 0 heterocycles. The zero-order valence-electron chi connectivity index (χ0n) is 12.2. The van der Waals surface area contributed by atoms with Crippen LogP contribution in [0.1, 0.15) is 44.7 Å². The molecule has 100 valence electrons. The smallest absolute Gasteiger partial charge is 0.137 e. The standard InChI is InChI=1S/C16H25NO/c1-6-14(13(5)15(18)7-2)17-16-11(3)9-8-10-12(16)4/h8-10,13-14,17H,6-7H2,1-5H3. The highest BCUT2D eigenvalue weighted by Gasteiger charge is 2.21. The minimum atomic E-state index is 0.0685. The number of Topliss-reactive ketones (excluding diaryl/α,β-unsaturated/α-hetero) is 1. The van der Waals surface area contributed by atoms with E-state index in [2.05, 4.69) is 44.3 Å². The first-order valence-corrected chi connectivity index (χ1v) is 6.86. The summed E-state index contributed by atoms with van der Waals surface area (Å²) in [5, 5.41) is 3.56. The molecule has 0 aliphatic carbocycles. The SMILES string of the molecule is CCC(=O)C(C)C(CC)Nc1c(C)cccc1C. The van der Waals surface area contributed by atoms with Crippen molar-refractivity contribution in [1.29, 1.82) is 0 Å². The fraction of sp³-hybridized carbons (Fsp3) is 0.562. The fourth-order valence-electron chi connectivity index (χ4n) is 2.35. The Hall–Kier alpha value is -1.31. The van der Waals surface area contributed by atoms with Crippen LogP contribution in [0, 0.1) is 19.8 Å². The van der Waals surface area contributed by atoms with Crippen molar-refractivity contribution in [3.05, 3.63) is 29.3 Å². The van der Waals surface area contributed by atoms with Gasteiger partial charge in [0.1, 0.15) is 5.78 Å². The number of hydrogen-bond donors (Lipinski definition) is 1. The molecule has 0 aliphatic rings. The summed E-state index contributed by atoms with van der Waals surface area (Å²) in [6.07, 6.45) is 1.58. The molecule has 0 saturated heterocycles. The van der Waals surface area contributed by atoms with Crippen molar-refractivity contribution in [3.8, 4) is 0 Å². The van der Waals surface area contributed by atoms with E-state index in [1.165, 1.54) is 16.8 Å². The highest BCUT2D eigenvalue weighted by molar-refractivity contribution is 5.81. The Bertz CT molecular complexity index is 391. The second-order valence-electron chi connectivity index (χ2n) is 5.03. The second kappa shape index (κ2) is 6.58. The van der Waals surface area contributed by atoms with Gasteiger partial charge in [-0.1, -0.05) is 39.0 Å². The Morgan fingerprint density at radius 1 is 1.22 bits per heavy atom. The highest BCUT2D eigenvalue weighted by atomic mass is 16.1. The lowest BCUT2D eigenvalue weighted by molar-refractivity contribution is -0.122. The summed E-state index contributed by atoms with van der Waals surface area (Å²) >= 11 is 0. The number of para-hydroxylation sites is 1. The summed E-state index contributed by atoms with van der Waals surface area (Å²) in [7, 11) is 0. The average molecular weight is 247 g/mol. The third-order valence-electron chi connectivity index (χ3n) is 3.71. The highest BCUT2D eigenvalue weighted by Crippen LogP contribution is 2.23. The van der Waals surface area contributed by atoms with E-state index >= 15 is 0 Å². The van der Waals surface area contributed by atoms with Crippen LogP contribution in [0.2, 0.25) is 0 Å². The number of hydrogen-bond acceptors (Lipinski definition) is 2. The molecule has 0 spiro atoms. The molecule has 1 rings (SSSR count). The first-order chi connectivity index (χ1) is 8.51. The fourth-order valence-corrected chi connectivity index (χ4v) is 2.35. The topological polar surface area (TPSA) is 29.1 Å². The van der Waals surface area contributed by atoms with E-state index in [1.54, 1.807) is 0 Å². The Kier molecular flexibility index (Phi) is 5.39. The lowest BCUT2D eigenvalue weighted by atomic mass is 9.93. The number of benzene rings is 1. The number of carbonyl (C=O) groups excluding carboxylic acids is 1. The molecule has 0 fully saturated rings. The van der Waals surface area contributed by atoms with Gasteiger partial charge in [-0.3, -0.25) is 4.79 Å². The van der Waals surface area contributed by atoms with Gasteiger partial charge < -0.3 is 5.32 Å². The number of anilines is 1. The normalized spacial score (nSPS) is 14.1. The van der Waals surface area contributed by atoms with Gasteiger partial charge in [0.25, 0.3) is 0 Å². The molecule has 1 N–H and O–H groups in total. The molecule has 0 radical (unpaired) electrons. The molecular weight excluding hydrogens is 222 g/mol. The Morgan fingerprint density at radius 2 is 1.78 bits per heavy atom. The largest absolute Gasteiger partial charge is 0.381 e. The van der Waals surface area contributed by atoms with E-state index in [9.17, 15) is 4.79 Å². The summed E-state index contributed by atoms with van der Waals surface area (Å²) in [6, 6.07) is 6.50. The van der Waals surface area contributed by atoms with E-state index in [-0.39, 0.29) is 12.0 Å². The second-order valence-corrected chi connectivity index (χ2v) is 5.03. The van der Waals surface area contributed by atoms with Gasteiger partial charge in [-0.2, -0.15) is 0 Å². The number of nitrogens with one attached hydrogen (secondary N) is 1. The lowest BCUT2D eigenvalue weighted by Gasteiger charge is -2.26. The average Bonchev–Trinajstić information content (AvgIpc) is 2.37. The van der Waals surface area contributed by atoms with Crippen molar-refractivity contribution < 1.29 is 4.79 Å². The number of rotatable bonds is 6. The van der Waals surface area contributed by atoms with Crippen molar-refractivity contribution in [2.75, 3.05) is 5.32 Å². The zero-order valence-corrected chi connectivity index (χ0v) is 12.2. The van der Waals surface area contributed by atoms with Crippen LogP contribution < -0.4 is 5.32 Å². The molecular formula is C16H25NO. The molecule has 2 unspecified atom stereocenters. The van der Waals surface area contributed by atoms with Gasteiger partial charge >= 0.3 is 0 Å². The van der Waals surface area contributed by atoms with Crippen LogP contribution in [-0.4, -0.2) is 11.8 Å².